The van der Waals surface area contributed by atoms with Crippen LogP contribution in [0.25, 0.3) is 22.3 Å². The topological polar surface area (TPSA) is 0 Å². The van der Waals surface area contributed by atoms with Crippen molar-refractivity contribution >= 4 is 15.9 Å². The van der Waals surface area contributed by atoms with Gasteiger partial charge in [0.05, 0.1) is 0 Å². The van der Waals surface area contributed by atoms with Crippen LogP contribution in [-0.2, 0) is 6.42 Å². The lowest BCUT2D eigenvalue weighted by atomic mass is 9.95. The molecule has 1 aliphatic rings. The van der Waals surface area contributed by atoms with Crippen LogP contribution >= 0.6 is 15.9 Å². The van der Waals surface area contributed by atoms with Crippen molar-refractivity contribution in [3.8, 4) is 22.3 Å². The monoisotopic (exact) mass is 320 g/mol. The van der Waals surface area contributed by atoms with E-state index in [1.807, 2.05) is 0 Å². The maximum atomic E-state index is 3.61. The van der Waals surface area contributed by atoms with Gasteiger partial charge in [-0.1, -0.05) is 70.5 Å². The molecule has 0 fully saturated rings. The van der Waals surface area contributed by atoms with Gasteiger partial charge < -0.3 is 0 Å². The molecule has 0 spiro atoms. The molecule has 0 unspecified atom stereocenters. The Bertz CT molecular complexity index is 802. The number of hydrogen-bond donors (Lipinski definition) is 0. The zero-order valence-corrected chi connectivity index (χ0v) is 12.5. The summed E-state index contributed by atoms with van der Waals surface area (Å²) >= 11 is 3.61. The van der Waals surface area contributed by atoms with Crippen LogP contribution in [0.1, 0.15) is 11.1 Å². The van der Waals surface area contributed by atoms with E-state index in [4.69, 9.17) is 0 Å². The zero-order valence-electron chi connectivity index (χ0n) is 10.9. The summed E-state index contributed by atoms with van der Waals surface area (Å²) in [5.41, 5.74) is 8.15. The molecule has 1 aliphatic carbocycles. The molecule has 0 aromatic heterocycles. The van der Waals surface area contributed by atoms with Crippen LogP contribution in [0.3, 0.4) is 0 Å². The normalized spacial score (nSPS) is 12.1. The second-order valence-electron chi connectivity index (χ2n) is 5.18. The van der Waals surface area contributed by atoms with Crippen LogP contribution in [0.4, 0.5) is 0 Å². The molecular formula is C19H13Br. The second-order valence-corrected chi connectivity index (χ2v) is 6.10. The van der Waals surface area contributed by atoms with Crippen molar-refractivity contribution in [2.24, 2.45) is 0 Å². The van der Waals surface area contributed by atoms with E-state index in [0.717, 1.165) is 10.9 Å². The number of fused-ring (bicyclic) bond motifs is 5. The molecule has 0 radical (unpaired) electrons. The van der Waals surface area contributed by atoms with Crippen LogP contribution in [0.5, 0.6) is 0 Å². The standard InChI is InChI=1S/C19H13Br/c20-15-9-10-18-16-7-3-1-5-13(16)11-14-6-2-4-8-17(14)19(18)12-15/h1-10,12H,11H2. The quantitative estimate of drug-likeness (QED) is 0.390. The van der Waals surface area contributed by atoms with E-state index >= 15 is 0 Å². The Labute approximate surface area is 127 Å². The van der Waals surface area contributed by atoms with Crippen molar-refractivity contribution in [2.45, 2.75) is 6.42 Å². The molecule has 4 rings (SSSR count). The average molecular weight is 321 g/mol. The van der Waals surface area contributed by atoms with Crippen LogP contribution < -0.4 is 0 Å². The van der Waals surface area contributed by atoms with Crippen molar-refractivity contribution < 1.29 is 0 Å². The van der Waals surface area contributed by atoms with Crippen molar-refractivity contribution in [3.05, 3.63) is 82.3 Å². The third-order valence-electron chi connectivity index (χ3n) is 3.98. The Kier molecular flexibility index (Phi) is 2.75. The summed E-state index contributed by atoms with van der Waals surface area (Å²) in [5, 5.41) is 0. The van der Waals surface area contributed by atoms with E-state index in [2.05, 4.69) is 82.7 Å². The minimum Gasteiger partial charge on any atom is -0.0619 e. The molecule has 0 bridgehead atoms. The van der Waals surface area contributed by atoms with Crippen LogP contribution in [0.2, 0.25) is 0 Å². The molecule has 20 heavy (non-hydrogen) atoms. The van der Waals surface area contributed by atoms with E-state index in [-0.39, 0.29) is 0 Å². The zero-order chi connectivity index (χ0) is 13.5. The largest absolute Gasteiger partial charge is 0.0619 e. The highest BCUT2D eigenvalue weighted by Crippen LogP contribution is 2.41. The summed E-state index contributed by atoms with van der Waals surface area (Å²) in [7, 11) is 0. The highest BCUT2D eigenvalue weighted by Gasteiger charge is 2.18. The molecular weight excluding hydrogens is 308 g/mol. The summed E-state index contributed by atoms with van der Waals surface area (Å²) in [4.78, 5) is 0. The molecule has 3 aromatic carbocycles. The van der Waals surface area contributed by atoms with E-state index in [9.17, 15) is 0 Å². The van der Waals surface area contributed by atoms with Crippen LogP contribution in [-0.4, -0.2) is 0 Å². The van der Waals surface area contributed by atoms with E-state index in [1.54, 1.807) is 0 Å². The molecule has 0 nitrogen and oxygen atoms in total. The number of halogens is 1. The smallest absolute Gasteiger partial charge is 0.0181 e. The van der Waals surface area contributed by atoms with Gasteiger partial charge in [-0.15, -0.1) is 0 Å². The average Bonchev–Trinajstić information content (AvgIpc) is 2.61. The van der Waals surface area contributed by atoms with Gasteiger partial charge in [0.15, 0.2) is 0 Å². The third kappa shape index (κ3) is 1.82. The molecule has 1 heteroatoms. The van der Waals surface area contributed by atoms with Gasteiger partial charge in [0.1, 0.15) is 0 Å². The molecule has 0 N–H and O–H groups in total. The second kappa shape index (κ2) is 4.60. The first-order valence-corrected chi connectivity index (χ1v) is 7.58. The lowest BCUT2D eigenvalue weighted by Crippen LogP contribution is -1.89. The van der Waals surface area contributed by atoms with Crippen molar-refractivity contribution in [3.63, 3.8) is 0 Å². The lowest BCUT2D eigenvalue weighted by Gasteiger charge is -2.10. The first-order chi connectivity index (χ1) is 9.83. The summed E-state index contributed by atoms with van der Waals surface area (Å²) in [6.07, 6.45) is 0.999. The minimum absolute atomic E-state index is 0.999. The molecule has 0 aliphatic heterocycles. The summed E-state index contributed by atoms with van der Waals surface area (Å²) in [6, 6.07) is 24.0. The molecule has 0 amide bonds. The molecule has 96 valence electrons. The SMILES string of the molecule is Brc1ccc2c(c1)-c1ccccc1Cc1ccccc1-2. The molecule has 0 saturated heterocycles. The maximum absolute atomic E-state index is 3.61. The Morgan fingerprint density at radius 1 is 0.600 bits per heavy atom. The first kappa shape index (κ1) is 11.9. The Morgan fingerprint density at radius 2 is 1.20 bits per heavy atom. The highest BCUT2D eigenvalue weighted by atomic mass is 79.9. The fraction of sp³-hybridized carbons (Fsp3) is 0.0526. The van der Waals surface area contributed by atoms with Gasteiger partial charge in [-0.2, -0.15) is 0 Å². The minimum atomic E-state index is 0.999. The first-order valence-electron chi connectivity index (χ1n) is 6.79. The maximum Gasteiger partial charge on any atom is 0.0181 e. The van der Waals surface area contributed by atoms with Crippen LogP contribution in [0, 0.1) is 0 Å². The van der Waals surface area contributed by atoms with Gasteiger partial charge in [0, 0.05) is 4.47 Å². The van der Waals surface area contributed by atoms with Crippen LogP contribution in [0.15, 0.2) is 71.2 Å². The highest BCUT2D eigenvalue weighted by molar-refractivity contribution is 9.10. The lowest BCUT2D eigenvalue weighted by molar-refractivity contribution is 1.21. The summed E-state index contributed by atoms with van der Waals surface area (Å²) in [5.74, 6) is 0. The van der Waals surface area contributed by atoms with Crippen molar-refractivity contribution in [1.29, 1.82) is 0 Å². The number of hydrogen-bond acceptors (Lipinski definition) is 0. The molecule has 3 aromatic rings. The van der Waals surface area contributed by atoms with Gasteiger partial charge in [0.2, 0.25) is 0 Å². The van der Waals surface area contributed by atoms with E-state index in [0.29, 0.717) is 0 Å². The molecule has 0 atom stereocenters. The van der Waals surface area contributed by atoms with Crippen molar-refractivity contribution in [1.82, 2.24) is 0 Å². The number of rotatable bonds is 0. The fourth-order valence-corrected chi connectivity index (χ4v) is 3.41. The van der Waals surface area contributed by atoms with Gasteiger partial charge in [-0.25, -0.2) is 0 Å². The molecule has 0 heterocycles. The van der Waals surface area contributed by atoms with Gasteiger partial charge in [0.25, 0.3) is 0 Å². The third-order valence-corrected chi connectivity index (χ3v) is 4.47. The molecule has 0 saturated carbocycles. The summed E-state index contributed by atoms with van der Waals surface area (Å²) in [6.45, 7) is 0. The van der Waals surface area contributed by atoms with Gasteiger partial charge >= 0.3 is 0 Å². The van der Waals surface area contributed by atoms with E-state index < -0.39 is 0 Å². The Hall–Kier alpha value is -1.86. The fourth-order valence-electron chi connectivity index (χ4n) is 3.05. The van der Waals surface area contributed by atoms with Gasteiger partial charge in [-0.3, -0.25) is 0 Å². The van der Waals surface area contributed by atoms with E-state index in [1.165, 1.54) is 33.4 Å². The predicted octanol–water partition coefficient (Wildman–Crippen LogP) is 5.69. The Balaban J connectivity index is 2.13. The predicted molar refractivity (Wildman–Crippen MR) is 87.8 cm³/mol. The van der Waals surface area contributed by atoms with Gasteiger partial charge in [-0.05, 0) is 51.9 Å². The summed E-state index contributed by atoms with van der Waals surface area (Å²) < 4.78 is 1.13. The Morgan fingerprint density at radius 3 is 1.90 bits per heavy atom. The number of benzene rings is 3. The van der Waals surface area contributed by atoms with Crippen molar-refractivity contribution in [2.75, 3.05) is 0 Å².